The number of rotatable bonds is 6. The van der Waals surface area contributed by atoms with Crippen molar-refractivity contribution in [2.75, 3.05) is 29.9 Å². The molecule has 2 N–H and O–H groups in total. The van der Waals surface area contributed by atoms with Crippen molar-refractivity contribution in [2.24, 2.45) is 0 Å². The Balaban J connectivity index is 1.69. The minimum atomic E-state index is -0.320. The maximum Gasteiger partial charge on any atom is 0.322 e. The van der Waals surface area contributed by atoms with Crippen molar-refractivity contribution in [1.82, 2.24) is 4.90 Å². The molecule has 1 aromatic carbocycles. The number of furan rings is 1. The molecule has 0 radical (unpaired) electrons. The number of benzene rings is 1. The second-order valence-electron chi connectivity index (χ2n) is 6.30. The Morgan fingerprint density at radius 1 is 1.38 bits per heavy atom. The van der Waals surface area contributed by atoms with Crippen LogP contribution in [0.2, 0.25) is 0 Å². The first-order valence-corrected chi connectivity index (χ1v) is 8.68. The smallest absolute Gasteiger partial charge is 0.322 e. The number of hydrogen-bond acceptors (Lipinski definition) is 4. The zero-order chi connectivity index (χ0) is 18.5. The van der Waals surface area contributed by atoms with Gasteiger partial charge in [-0.05, 0) is 49.2 Å². The van der Waals surface area contributed by atoms with Gasteiger partial charge in [0.15, 0.2) is 0 Å². The standard InChI is InChI=1S/C19H23N3O4/c1-14-12-15(6-7-17(14)22-8-2-5-18(22)24)20-19(25)21(9-10-23)13-16-4-3-11-26-16/h3-4,6-7,11-12,23H,2,5,8-10,13H2,1H3,(H,20,25). The Hall–Kier alpha value is -2.80. The molecule has 7 nitrogen and oxygen atoms in total. The largest absolute Gasteiger partial charge is 0.467 e. The summed E-state index contributed by atoms with van der Waals surface area (Å²) in [6.07, 6.45) is 3.01. The van der Waals surface area contributed by atoms with Crippen LogP contribution in [-0.4, -0.2) is 41.6 Å². The van der Waals surface area contributed by atoms with Crippen molar-refractivity contribution < 1.29 is 19.1 Å². The van der Waals surface area contributed by atoms with Gasteiger partial charge in [-0.15, -0.1) is 0 Å². The highest BCUT2D eigenvalue weighted by atomic mass is 16.3. The fourth-order valence-electron chi connectivity index (χ4n) is 3.11. The fourth-order valence-corrected chi connectivity index (χ4v) is 3.11. The molecule has 1 aromatic heterocycles. The van der Waals surface area contributed by atoms with Crippen LogP contribution in [0.3, 0.4) is 0 Å². The van der Waals surface area contributed by atoms with Crippen molar-refractivity contribution in [1.29, 1.82) is 0 Å². The first kappa shape index (κ1) is 18.0. The number of aliphatic hydroxyl groups excluding tert-OH is 1. The maximum absolute atomic E-state index is 12.5. The third kappa shape index (κ3) is 4.05. The van der Waals surface area contributed by atoms with Gasteiger partial charge in [0.1, 0.15) is 5.76 Å². The number of carbonyl (C=O) groups excluding carboxylic acids is 2. The van der Waals surface area contributed by atoms with Crippen LogP contribution in [0.5, 0.6) is 0 Å². The Morgan fingerprint density at radius 3 is 2.85 bits per heavy atom. The van der Waals surface area contributed by atoms with Gasteiger partial charge in [-0.3, -0.25) is 4.79 Å². The van der Waals surface area contributed by atoms with Crippen LogP contribution in [0.15, 0.2) is 41.0 Å². The summed E-state index contributed by atoms with van der Waals surface area (Å²) in [5.41, 5.74) is 2.45. The van der Waals surface area contributed by atoms with Crippen LogP contribution in [0, 0.1) is 6.92 Å². The van der Waals surface area contributed by atoms with E-state index in [2.05, 4.69) is 5.32 Å². The molecule has 7 heteroatoms. The van der Waals surface area contributed by atoms with Gasteiger partial charge in [-0.25, -0.2) is 4.79 Å². The van der Waals surface area contributed by atoms with Crippen LogP contribution in [0.4, 0.5) is 16.2 Å². The minimum absolute atomic E-state index is 0.136. The van der Waals surface area contributed by atoms with E-state index in [1.54, 1.807) is 29.4 Å². The van der Waals surface area contributed by atoms with E-state index in [-0.39, 0.29) is 31.6 Å². The number of nitrogens with zero attached hydrogens (tertiary/aromatic N) is 2. The Morgan fingerprint density at radius 2 is 2.23 bits per heavy atom. The normalized spacial score (nSPS) is 13.9. The lowest BCUT2D eigenvalue weighted by Crippen LogP contribution is -2.36. The molecule has 0 bridgehead atoms. The predicted molar refractivity (Wildman–Crippen MR) is 98.0 cm³/mol. The third-order valence-electron chi connectivity index (χ3n) is 4.40. The molecule has 0 aliphatic carbocycles. The highest BCUT2D eigenvalue weighted by molar-refractivity contribution is 5.96. The first-order valence-electron chi connectivity index (χ1n) is 8.68. The molecular weight excluding hydrogens is 334 g/mol. The lowest BCUT2D eigenvalue weighted by atomic mass is 10.1. The van der Waals surface area contributed by atoms with Gasteiger partial charge in [-0.2, -0.15) is 0 Å². The van der Waals surface area contributed by atoms with Gasteiger partial charge >= 0.3 is 6.03 Å². The van der Waals surface area contributed by atoms with E-state index >= 15 is 0 Å². The SMILES string of the molecule is Cc1cc(NC(=O)N(CCO)Cc2ccco2)ccc1N1CCCC1=O. The maximum atomic E-state index is 12.5. The number of anilines is 2. The van der Waals surface area contributed by atoms with E-state index < -0.39 is 0 Å². The quantitative estimate of drug-likeness (QED) is 0.832. The van der Waals surface area contributed by atoms with Crippen molar-refractivity contribution in [3.05, 3.63) is 47.9 Å². The van der Waals surface area contributed by atoms with Gasteiger partial charge < -0.3 is 24.6 Å². The van der Waals surface area contributed by atoms with Crippen LogP contribution in [0.25, 0.3) is 0 Å². The number of nitrogens with one attached hydrogen (secondary N) is 1. The molecule has 2 aromatic rings. The third-order valence-corrected chi connectivity index (χ3v) is 4.40. The van der Waals surface area contributed by atoms with Gasteiger partial charge in [0.2, 0.25) is 5.91 Å². The molecule has 0 saturated carbocycles. The second kappa shape index (κ2) is 8.05. The lowest BCUT2D eigenvalue weighted by molar-refractivity contribution is -0.117. The van der Waals surface area contributed by atoms with Crippen molar-refractivity contribution in [2.45, 2.75) is 26.3 Å². The summed E-state index contributed by atoms with van der Waals surface area (Å²) >= 11 is 0. The molecule has 0 spiro atoms. The Kier molecular flexibility index (Phi) is 5.58. The average molecular weight is 357 g/mol. The molecule has 0 unspecified atom stereocenters. The van der Waals surface area contributed by atoms with E-state index in [1.807, 2.05) is 19.1 Å². The van der Waals surface area contributed by atoms with Crippen LogP contribution >= 0.6 is 0 Å². The van der Waals surface area contributed by atoms with Crippen LogP contribution < -0.4 is 10.2 Å². The topological polar surface area (TPSA) is 86.0 Å². The molecule has 1 aliphatic heterocycles. The minimum Gasteiger partial charge on any atom is -0.467 e. The summed E-state index contributed by atoms with van der Waals surface area (Å²) in [6, 6.07) is 8.71. The summed E-state index contributed by atoms with van der Waals surface area (Å²) < 4.78 is 5.27. The summed E-state index contributed by atoms with van der Waals surface area (Å²) in [6.45, 7) is 3.00. The monoisotopic (exact) mass is 357 g/mol. The number of amides is 3. The summed E-state index contributed by atoms with van der Waals surface area (Å²) in [5.74, 6) is 0.783. The van der Waals surface area contributed by atoms with E-state index in [0.29, 0.717) is 17.9 Å². The first-order chi connectivity index (χ1) is 12.6. The highest BCUT2D eigenvalue weighted by Crippen LogP contribution is 2.27. The molecule has 1 fully saturated rings. The Labute approximate surface area is 152 Å². The molecule has 138 valence electrons. The van der Waals surface area contributed by atoms with E-state index in [4.69, 9.17) is 4.42 Å². The molecule has 1 saturated heterocycles. The number of aryl methyl sites for hydroxylation is 1. The predicted octanol–water partition coefficient (Wildman–Crippen LogP) is 2.74. The van der Waals surface area contributed by atoms with E-state index in [0.717, 1.165) is 24.2 Å². The summed E-state index contributed by atoms with van der Waals surface area (Å²) in [4.78, 5) is 27.7. The Bertz CT molecular complexity index is 773. The van der Waals surface area contributed by atoms with Crippen molar-refractivity contribution in [3.8, 4) is 0 Å². The van der Waals surface area contributed by atoms with Crippen LogP contribution in [0.1, 0.15) is 24.2 Å². The molecule has 3 amide bonds. The molecule has 2 heterocycles. The van der Waals surface area contributed by atoms with Gasteiger partial charge in [0, 0.05) is 30.9 Å². The molecular formula is C19H23N3O4. The number of aliphatic hydroxyl groups is 1. The van der Waals surface area contributed by atoms with Crippen molar-refractivity contribution >= 4 is 23.3 Å². The van der Waals surface area contributed by atoms with Gasteiger partial charge in [-0.1, -0.05) is 0 Å². The lowest BCUT2D eigenvalue weighted by Gasteiger charge is -2.22. The number of urea groups is 1. The van der Waals surface area contributed by atoms with Gasteiger partial charge in [0.25, 0.3) is 0 Å². The zero-order valence-corrected chi connectivity index (χ0v) is 14.8. The van der Waals surface area contributed by atoms with E-state index in [1.165, 1.54) is 4.90 Å². The number of carbonyl (C=O) groups is 2. The highest BCUT2D eigenvalue weighted by Gasteiger charge is 2.23. The van der Waals surface area contributed by atoms with Crippen molar-refractivity contribution in [3.63, 3.8) is 0 Å². The zero-order valence-electron chi connectivity index (χ0n) is 14.8. The summed E-state index contributed by atoms with van der Waals surface area (Å²) in [7, 11) is 0. The van der Waals surface area contributed by atoms with Gasteiger partial charge in [0.05, 0.1) is 19.4 Å². The molecule has 26 heavy (non-hydrogen) atoms. The summed E-state index contributed by atoms with van der Waals surface area (Å²) in [5, 5.41) is 12.1. The molecule has 0 atom stereocenters. The molecule has 1 aliphatic rings. The fraction of sp³-hybridized carbons (Fsp3) is 0.368. The van der Waals surface area contributed by atoms with Crippen LogP contribution in [-0.2, 0) is 11.3 Å². The second-order valence-corrected chi connectivity index (χ2v) is 6.30. The molecule has 3 rings (SSSR count). The average Bonchev–Trinajstić information content (AvgIpc) is 3.26. The van der Waals surface area contributed by atoms with E-state index in [9.17, 15) is 14.7 Å². The number of hydrogen-bond donors (Lipinski definition) is 2.